The Balaban J connectivity index is 1.82. The predicted molar refractivity (Wildman–Crippen MR) is 170 cm³/mol. The summed E-state index contributed by atoms with van der Waals surface area (Å²) in [5.74, 6) is -0.867. The van der Waals surface area contributed by atoms with Gasteiger partial charge in [0.15, 0.2) is 0 Å². The van der Waals surface area contributed by atoms with E-state index in [9.17, 15) is 28.2 Å². The molecule has 4 N–H and O–H groups in total. The molecule has 250 valence electrons. The minimum Gasteiger partial charge on any atom is -0.458 e. The molecule has 44 heavy (non-hydrogen) atoms. The van der Waals surface area contributed by atoms with Crippen molar-refractivity contribution in [1.82, 2.24) is 10.3 Å². The molecule has 1 amide bonds. The number of aliphatic hydroxyl groups is 2. The van der Waals surface area contributed by atoms with Gasteiger partial charge in [0.05, 0.1) is 18.0 Å². The summed E-state index contributed by atoms with van der Waals surface area (Å²) in [7, 11) is -3.71. The second kappa shape index (κ2) is 12.8. The van der Waals surface area contributed by atoms with Crippen LogP contribution in [0.5, 0.6) is 0 Å². The average molecular weight is 637 g/mol. The lowest BCUT2D eigenvalue weighted by Crippen LogP contribution is -2.65. The molecule has 0 spiro atoms. The van der Waals surface area contributed by atoms with E-state index in [1.807, 2.05) is 19.9 Å². The van der Waals surface area contributed by atoms with Gasteiger partial charge in [0.25, 0.3) is 5.91 Å². The number of esters is 1. The molecule has 0 saturated heterocycles. The molecular formula is C34H56N2O7S. The molecule has 4 aliphatic carbocycles. The number of fused-ring (bicyclic) bond motifs is 5. The van der Waals surface area contributed by atoms with E-state index in [-0.39, 0.29) is 45.9 Å². The molecule has 10 atom stereocenters. The van der Waals surface area contributed by atoms with Gasteiger partial charge in [0, 0.05) is 12.5 Å². The number of hydrogen-bond acceptors (Lipinski definition) is 7. The zero-order valence-electron chi connectivity index (χ0n) is 28.0. The van der Waals surface area contributed by atoms with Crippen LogP contribution in [0.15, 0.2) is 22.8 Å². The third kappa shape index (κ3) is 6.17. The summed E-state index contributed by atoms with van der Waals surface area (Å²) in [6.07, 6.45) is 6.10. The Kier molecular flexibility index (Phi) is 10.2. The van der Waals surface area contributed by atoms with Crippen molar-refractivity contribution >= 4 is 21.9 Å². The van der Waals surface area contributed by atoms with E-state index in [2.05, 4.69) is 38.0 Å². The number of aliphatic hydroxyl groups excluding tert-OH is 2. The highest BCUT2D eigenvalue weighted by atomic mass is 32.2. The van der Waals surface area contributed by atoms with Crippen LogP contribution in [0.25, 0.3) is 0 Å². The predicted octanol–water partition coefficient (Wildman–Crippen LogP) is 4.94. The summed E-state index contributed by atoms with van der Waals surface area (Å²) in [4.78, 5) is 28.6. The van der Waals surface area contributed by atoms with E-state index in [1.165, 1.54) is 6.92 Å². The standard InChI is InChI=1S/C34H56N2O7S/c1-9-17-44(41,42)36-35-31(40)23(12-10-11-20(2)3)29-25-18-27(39)30-32(6)15-14-26(38)21(4)24(32)13-16-33(30,7)34(25,8)19-28(29)43-22(5)37/h11,21,24-28,30,36,38-39H,9-10,12-19H2,1-8H3,(H,35,40)/b29-23-/t21-,24-,25-,26+,27+,28-,30-,32-,33-,34-/m0/s1. The molecule has 4 aliphatic rings. The zero-order valence-corrected chi connectivity index (χ0v) is 28.9. The van der Waals surface area contributed by atoms with Crippen LogP contribution in [0.3, 0.4) is 0 Å². The fourth-order valence-corrected chi connectivity index (χ4v) is 11.2. The molecule has 4 saturated carbocycles. The minimum atomic E-state index is -3.71. The van der Waals surface area contributed by atoms with Crippen molar-refractivity contribution in [1.29, 1.82) is 0 Å². The molecule has 0 unspecified atom stereocenters. The highest BCUT2D eigenvalue weighted by Crippen LogP contribution is 2.74. The van der Waals surface area contributed by atoms with Gasteiger partial charge in [-0.1, -0.05) is 46.3 Å². The first-order chi connectivity index (χ1) is 20.4. The van der Waals surface area contributed by atoms with Gasteiger partial charge in [-0.25, -0.2) is 8.42 Å². The van der Waals surface area contributed by atoms with Crippen molar-refractivity contribution in [3.63, 3.8) is 0 Å². The lowest BCUT2D eigenvalue weighted by atomic mass is 9.36. The maximum absolute atomic E-state index is 13.9. The lowest BCUT2D eigenvalue weighted by molar-refractivity contribution is -0.234. The largest absolute Gasteiger partial charge is 0.458 e. The summed E-state index contributed by atoms with van der Waals surface area (Å²) in [5.41, 5.74) is 3.85. The van der Waals surface area contributed by atoms with Crippen molar-refractivity contribution in [3.8, 4) is 0 Å². The number of carbonyl (C=O) groups excluding carboxylic acids is 2. The molecule has 0 aromatic carbocycles. The first kappa shape index (κ1) is 35.1. The van der Waals surface area contributed by atoms with Gasteiger partial charge in [-0.3, -0.25) is 15.0 Å². The fourth-order valence-electron chi connectivity index (χ4n) is 10.3. The van der Waals surface area contributed by atoms with E-state index in [0.29, 0.717) is 43.6 Å². The van der Waals surface area contributed by atoms with Crippen molar-refractivity contribution < 1.29 is 33.0 Å². The van der Waals surface area contributed by atoms with Crippen LogP contribution in [0, 0.1) is 39.9 Å². The molecule has 9 nitrogen and oxygen atoms in total. The summed E-state index contributed by atoms with van der Waals surface area (Å²) in [5, 5.41) is 22.9. The Morgan fingerprint density at radius 1 is 1.05 bits per heavy atom. The third-order valence-electron chi connectivity index (χ3n) is 12.4. The topological polar surface area (TPSA) is 142 Å². The smallest absolute Gasteiger partial charge is 0.303 e. The number of hydrazine groups is 1. The molecule has 0 aromatic heterocycles. The van der Waals surface area contributed by atoms with Gasteiger partial charge in [-0.2, -0.15) is 0 Å². The van der Waals surface area contributed by atoms with E-state index in [0.717, 1.165) is 36.8 Å². The molecule has 0 heterocycles. The SMILES string of the molecule is CCCS(=O)(=O)NNC(=O)/C(CCC=C(C)C)=C1\[C@@H](OC(C)=O)C[C@@]2(C)[C@H]1C[C@@H](O)[C@H]1[C@@]3(C)CC[C@@H](O)[C@@H](C)[C@@H]3CC[C@@]12C. The quantitative estimate of drug-likeness (QED) is 0.122. The summed E-state index contributed by atoms with van der Waals surface area (Å²) in [6, 6.07) is 0. The summed E-state index contributed by atoms with van der Waals surface area (Å²) < 4.78 is 30.9. The maximum Gasteiger partial charge on any atom is 0.303 e. The highest BCUT2D eigenvalue weighted by Gasteiger charge is 2.70. The molecule has 0 bridgehead atoms. The van der Waals surface area contributed by atoms with Crippen LogP contribution in [0.1, 0.15) is 113 Å². The third-order valence-corrected chi connectivity index (χ3v) is 13.7. The van der Waals surface area contributed by atoms with E-state index < -0.39 is 34.1 Å². The van der Waals surface area contributed by atoms with Gasteiger partial charge in [-0.05, 0) is 117 Å². The zero-order chi connectivity index (χ0) is 32.8. The molecule has 0 aromatic rings. The molecule has 4 fully saturated rings. The second-order valence-electron chi connectivity index (χ2n) is 15.2. The number of carbonyl (C=O) groups is 2. The van der Waals surface area contributed by atoms with Crippen LogP contribution in [0.2, 0.25) is 0 Å². The van der Waals surface area contributed by atoms with E-state index in [1.54, 1.807) is 6.92 Å². The average Bonchev–Trinajstić information content (AvgIpc) is 3.18. The molecule has 0 radical (unpaired) electrons. The van der Waals surface area contributed by atoms with Crippen LogP contribution in [0.4, 0.5) is 0 Å². The Morgan fingerprint density at radius 3 is 2.34 bits per heavy atom. The number of hydrogen-bond donors (Lipinski definition) is 4. The Hall–Kier alpha value is -1.75. The van der Waals surface area contributed by atoms with Gasteiger partial charge in [0.2, 0.25) is 10.0 Å². The maximum atomic E-state index is 13.9. The number of nitrogens with one attached hydrogen (secondary N) is 2. The first-order valence-electron chi connectivity index (χ1n) is 16.6. The number of allylic oxidation sites excluding steroid dienone is 2. The molecular weight excluding hydrogens is 580 g/mol. The monoisotopic (exact) mass is 636 g/mol. The first-order valence-corrected chi connectivity index (χ1v) is 18.3. The number of ether oxygens (including phenoxy) is 1. The summed E-state index contributed by atoms with van der Waals surface area (Å²) >= 11 is 0. The number of amides is 1. The van der Waals surface area contributed by atoms with Crippen molar-refractivity contribution in [3.05, 3.63) is 22.8 Å². The highest BCUT2D eigenvalue weighted by molar-refractivity contribution is 7.89. The Morgan fingerprint density at radius 2 is 1.73 bits per heavy atom. The van der Waals surface area contributed by atoms with Gasteiger partial charge >= 0.3 is 5.97 Å². The Bertz CT molecular complexity index is 1290. The van der Waals surface area contributed by atoms with Gasteiger partial charge < -0.3 is 14.9 Å². The van der Waals surface area contributed by atoms with Gasteiger partial charge in [0.1, 0.15) is 6.10 Å². The van der Waals surface area contributed by atoms with Crippen molar-refractivity contribution in [2.75, 3.05) is 5.75 Å². The van der Waals surface area contributed by atoms with Crippen molar-refractivity contribution in [2.24, 2.45) is 39.9 Å². The van der Waals surface area contributed by atoms with Crippen LogP contribution in [-0.4, -0.2) is 54.6 Å². The number of rotatable bonds is 9. The normalized spacial score (nSPS) is 41.1. The van der Waals surface area contributed by atoms with Crippen LogP contribution in [-0.2, 0) is 24.3 Å². The lowest BCUT2D eigenvalue weighted by Gasteiger charge is -2.69. The molecule has 10 heteroatoms. The van der Waals surface area contributed by atoms with Crippen LogP contribution >= 0.6 is 0 Å². The van der Waals surface area contributed by atoms with Crippen molar-refractivity contribution in [2.45, 2.75) is 131 Å². The van der Waals surface area contributed by atoms with E-state index >= 15 is 0 Å². The molecule has 4 rings (SSSR count). The van der Waals surface area contributed by atoms with E-state index in [4.69, 9.17) is 4.74 Å². The fraction of sp³-hybridized carbons (Fsp3) is 0.824. The Labute approximate surface area is 264 Å². The molecule has 0 aliphatic heterocycles. The second-order valence-corrected chi connectivity index (χ2v) is 17.1. The minimum absolute atomic E-state index is 0.00826. The number of sulfonamides is 1. The summed E-state index contributed by atoms with van der Waals surface area (Å²) in [6.45, 7) is 16.1. The van der Waals surface area contributed by atoms with Crippen LogP contribution < -0.4 is 10.3 Å². The van der Waals surface area contributed by atoms with Gasteiger partial charge in [-0.15, -0.1) is 4.83 Å².